The minimum Gasteiger partial charge on any atom is -0.493 e. The van der Waals surface area contributed by atoms with Crippen LogP contribution < -0.4 is 14.8 Å². The lowest BCUT2D eigenvalue weighted by atomic mass is 9.43. The van der Waals surface area contributed by atoms with E-state index in [9.17, 15) is 14.9 Å². The van der Waals surface area contributed by atoms with Crippen molar-refractivity contribution in [1.29, 1.82) is 5.26 Å². The molecule has 3 aliphatic carbocycles. The molecule has 4 fully saturated rings. The van der Waals surface area contributed by atoms with Gasteiger partial charge in [0.1, 0.15) is 5.92 Å². The molecule has 4 aliphatic rings. The number of hydrogen-bond acceptors (Lipinski definition) is 7. The fourth-order valence-electron chi connectivity index (χ4n) is 7.38. The second kappa shape index (κ2) is 12.8. The van der Waals surface area contributed by atoms with E-state index < -0.39 is 13.0 Å². The van der Waals surface area contributed by atoms with E-state index in [-0.39, 0.29) is 54.3 Å². The summed E-state index contributed by atoms with van der Waals surface area (Å²) in [6.07, 6.45) is 3.11. The van der Waals surface area contributed by atoms with Crippen LogP contribution in [0.5, 0.6) is 11.5 Å². The van der Waals surface area contributed by atoms with Gasteiger partial charge in [-0.1, -0.05) is 50.2 Å². The van der Waals surface area contributed by atoms with E-state index in [1.165, 1.54) is 4.90 Å². The molecule has 1 aliphatic heterocycles. The van der Waals surface area contributed by atoms with Gasteiger partial charge in [0.15, 0.2) is 11.5 Å². The summed E-state index contributed by atoms with van der Waals surface area (Å²) >= 11 is 0. The summed E-state index contributed by atoms with van der Waals surface area (Å²) < 4.78 is 24.7. The number of methoxy groups -OCH3 is 1. The largest absolute Gasteiger partial charge is 0.493 e. The van der Waals surface area contributed by atoms with Gasteiger partial charge in [0, 0.05) is 14.1 Å². The van der Waals surface area contributed by atoms with Crippen LogP contribution in [0.4, 0.5) is 0 Å². The highest BCUT2D eigenvalue weighted by Gasteiger charge is 2.68. The summed E-state index contributed by atoms with van der Waals surface area (Å²) in [6.45, 7) is 6.98. The van der Waals surface area contributed by atoms with Gasteiger partial charge in [0.05, 0.1) is 43.9 Å². The Labute approximate surface area is 261 Å². The molecule has 3 saturated carbocycles. The average Bonchev–Trinajstić information content (AvgIpc) is 3.37. The first kappa shape index (κ1) is 31.9. The molecular weight excluding hydrogens is 557 g/mol. The summed E-state index contributed by atoms with van der Waals surface area (Å²) in [5.41, 5.74) is 1.72. The van der Waals surface area contributed by atoms with E-state index in [0.29, 0.717) is 29.8 Å². The van der Waals surface area contributed by atoms with Crippen molar-refractivity contribution in [1.82, 2.24) is 10.2 Å². The van der Waals surface area contributed by atoms with Crippen molar-refractivity contribution in [2.75, 3.05) is 27.8 Å². The highest BCUT2D eigenvalue weighted by molar-refractivity contribution is 6.48. The Morgan fingerprint density at radius 3 is 2.50 bits per heavy atom. The second-order valence-corrected chi connectivity index (χ2v) is 13.4. The fraction of sp³-hybridized carbons (Fsp3) is 0.559. The topological polar surface area (TPSA) is 110 Å². The predicted molar refractivity (Wildman–Crippen MR) is 167 cm³/mol. The number of ether oxygens (including phenoxy) is 2. The number of nitrogens with zero attached hydrogens (tertiary/aromatic N) is 2. The molecule has 2 aromatic carbocycles. The Hall–Kier alpha value is -3.55. The quantitative estimate of drug-likeness (QED) is 0.363. The number of nitriles is 1. The van der Waals surface area contributed by atoms with Crippen LogP contribution in [-0.4, -0.2) is 69.3 Å². The molecule has 1 saturated heterocycles. The third-order valence-corrected chi connectivity index (χ3v) is 10.1. The Bertz CT molecular complexity index is 1400. The average molecular weight is 602 g/mol. The lowest BCUT2D eigenvalue weighted by molar-refractivity contribution is -0.199. The first-order chi connectivity index (χ1) is 21.0. The smallest absolute Gasteiger partial charge is 0.482 e. The van der Waals surface area contributed by atoms with Crippen LogP contribution in [0.15, 0.2) is 48.5 Å². The molecule has 1 N–H and O–H groups in total. The fourth-order valence-corrected chi connectivity index (χ4v) is 7.38. The first-order valence-electron chi connectivity index (χ1n) is 15.5. The zero-order valence-electron chi connectivity index (χ0n) is 26.7. The van der Waals surface area contributed by atoms with Crippen molar-refractivity contribution < 1.29 is 28.4 Å². The number of carbonyl (C=O) groups is 2. The van der Waals surface area contributed by atoms with Gasteiger partial charge in [-0.25, -0.2) is 0 Å². The highest BCUT2D eigenvalue weighted by atomic mass is 16.7. The Morgan fingerprint density at radius 2 is 1.84 bits per heavy atom. The number of carbonyl (C=O) groups excluding carboxylic acids is 2. The molecule has 9 nitrogen and oxygen atoms in total. The Balaban J connectivity index is 1.23. The molecule has 44 heavy (non-hydrogen) atoms. The maximum absolute atomic E-state index is 13.3. The van der Waals surface area contributed by atoms with Crippen LogP contribution in [0, 0.1) is 34.5 Å². The van der Waals surface area contributed by atoms with Crippen molar-refractivity contribution in [3.8, 4) is 17.6 Å². The Kier molecular flexibility index (Phi) is 9.29. The molecule has 2 bridgehead atoms. The van der Waals surface area contributed by atoms with Crippen molar-refractivity contribution in [3.05, 3.63) is 59.7 Å². The summed E-state index contributed by atoms with van der Waals surface area (Å²) in [6, 6.07) is 17.5. The lowest BCUT2D eigenvalue weighted by Crippen LogP contribution is -2.65. The van der Waals surface area contributed by atoms with Gasteiger partial charge in [-0.15, -0.1) is 0 Å². The van der Waals surface area contributed by atoms with Gasteiger partial charge in [-0.05, 0) is 73.1 Å². The van der Waals surface area contributed by atoms with Crippen LogP contribution in [-0.2, 0) is 31.7 Å². The van der Waals surface area contributed by atoms with Gasteiger partial charge in [-0.3, -0.25) is 9.59 Å². The SMILES string of the molecule is COc1ccc(CC(C#N)C(=O)N(C)C)cc1OCCC(=O)N[C@@H](Cc1ccccc1)B1O[C@@H]2C[C@@H]3C[C@@H](C3(C)C)[C@]2(C)O1. The third kappa shape index (κ3) is 6.31. The van der Waals surface area contributed by atoms with E-state index >= 15 is 0 Å². The molecule has 6 rings (SSSR count). The summed E-state index contributed by atoms with van der Waals surface area (Å²) in [7, 11) is 4.26. The normalized spacial score (nSPS) is 25.9. The highest BCUT2D eigenvalue weighted by Crippen LogP contribution is 2.65. The molecule has 1 heterocycles. The molecule has 10 heteroatoms. The van der Waals surface area contributed by atoms with Gasteiger partial charge >= 0.3 is 7.12 Å². The number of rotatable bonds is 12. The number of amides is 2. The number of hydrogen-bond donors (Lipinski definition) is 1. The van der Waals surface area contributed by atoms with Crippen LogP contribution >= 0.6 is 0 Å². The summed E-state index contributed by atoms with van der Waals surface area (Å²) in [5, 5.41) is 12.7. The van der Waals surface area contributed by atoms with E-state index in [2.05, 4.69) is 32.2 Å². The van der Waals surface area contributed by atoms with Gasteiger partial charge in [-0.2, -0.15) is 5.26 Å². The van der Waals surface area contributed by atoms with Crippen molar-refractivity contribution >= 4 is 18.9 Å². The standard InChI is InChI=1S/C34H44BN3O6/c1-33(2)25-19-28(33)34(3)29(20-25)43-35(44-34)30(18-22-10-8-7-9-11-22)37-31(39)14-15-42-27-17-23(12-13-26(27)41-6)16-24(21-36)32(40)38(4)5/h7-13,17,24-25,28-30H,14-16,18-20H2,1-6H3,(H,37,39)/t24?,25-,28-,29+,30-,34-/m0/s1. The third-order valence-electron chi connectivity index (χ3n) is 10.1. The molecule has 234 valence electrons. The Morgan fingerprint density at radius 1 is 1.09 bits per heavy atom. The molecule has 0 aromatic heterocycles. The molecule has 2 amide bonds. The van der Waals surface area contributed by atoms with E-state index in [1.807, 2.05) is 36.4 Å². The zero-order chi connectivity index (χ0) is 31.6. The van der Waals surface area contributed by atoms with Crippen LogP contribution in [0.3, 0.4) is 0 Å². The molecule has 1 unspecified atom stereocenters. The molecule has 2 aromatic rings. The number of nitrogens with one attached hydrogen (secondary N) is 1. The predicted octanol–water partition coefficient (Wildman–Crippen LogP) is 4.23. The number of benzene rings is 2. The molecule has 0 radical (unpaired) electrons. The van der Waals surface area contributed by atoms with Crippen LogP contribution in [0.1, 0.15) is 51.2 Å². The lowest BCUT2D eigenvalue weighted by Gasteiger charge is -2.64. The summed E-state index contributed by atoms with van der Waals surface area (Å²) in [5.74, 6) is 0.449. The first-order valence-corrected chi connectivity index (χ1v) is 15.5. The van der Waals surface area contributed by atoms with Crippen molar-refractivity contribution in [2.24, 2.45) is 23.2 Å². The minimum atomic E-state index is -0.804. The molecular formula is C34H44BN3O6. The van der Waals surface area contributed by atoms with E-state index in [4.69, 9.17) is 18.8 Å². The van der Waals surface area contributed by atoms with E-state index in [0.717, 1.165) is 24.0 Å². The summed E-state index contributed by atoms with van der Waals surface area (Å²) in [4.78, 5) is 27.1. The van der Waals surface area contributed by atoms with E-state index in [1.54, 1.807) is 33.3 Å². The van der Waals surface area contributed by atoms with Gasteiger partial charge in [0.2, 0.25) is 11.8 Å². The van der Waals surface area contributed by atoms with Gasteiger partial charge < -0.3 is 29.0 Å². The van der Waals surface area contributed by atoms with Crippen molar-refractivity contribution in [2.45, 2.75) is 70.5 Å². The second-order valence-electron chi connectivity index (χ2n) is 13.4. The minimum absolute atomic E-state index is 0.0242. The maximum atomic E-state index is 13.3. The van der Waals surface area contributed by atoms with Crippen LogP contribution in [0.25, 0.3) is 0 Å². The van der Waals surface area contributed by atoms with Crippen molar-refractivity contribution in [3.63, 3.8) is 0 Å². The molecule has 0 spiro atoms. The van der Waals surface area contributed by atoms with Crippen LogP contribution in [0.2, 0.25) is 0 Å². The zero-order valence-corrected chi connectivity index (χ0v) is 26.7. The molecule has 6 atom stereocenters. The maximum Gasteiger partial charge on any atom is 0.482 e. The monoisotopic (exact) mass is 601 g/mol. The van der Waals surface area contributed by atoms with Gasteiger partial charge in [0.25, 0.3) is 0 Å².